The molecule has 3 aromatic rings. The zero-order chi connectivity index (χ0) is 15.6. The largest absolute Gasteiger partial charge is 0.414 e. The summed E-state index contributed by atoms with van der Waals surface area (Å²) in [4.78, 5) is 14.7. The average Bonchev–Trinajstić information content (AvgIpc) is 3.26. The summed E-state index contributed by atoms with van der Waals surface area (Å²) in [7, 11) is 0. The third-order valence-corrected chi connectivity index (χ3v) is 5.93. The third kappa shape index (κ3) is 3.25. The van der Waals surface area contributed by atoms with Gasteiger partial charge in [-0.1, -0.05) is 30.0 Å². The van der Waals surface area contributed by atoms with Gasteiger partial charge in [-0.3, -0.25) is 4.79 Å². The first-order chi connectivity index (χ1) is 11.3. The predicted molar refractivity (Wildman–Crippen MR) is 90.3 cm³/mol. The van der Waals surface area contributed by atoms with Gasteiger partial charge in [0.05, 0.1) is 6.54 Å². The Kier molecular flexibility index (Phi) is 4.05. The summed E-state index contributed by atoms with van der Waals surface area (Å²) < 4.78 is 6.93. The third-order valence-electron chi connectivity index (χ3n) is 3.76. The van der Waals surface area contributed by atoms with Crippen LogP contribution >= 0.6 is 23.1 Å². The van der Waals surface area contributed by atoms with Crippen LogP contribution in [-0.2, 0) is 17.1 Å². The van der Waals surface area contributed by atoms with Crippen molar-refractivity contribution in [1.82, 2.24) is 15.1 Å². The summed E-state index contributed by atoms with van der Waals surface area (Å²) in [6.07, 6.45) is 1.54. The Morgan fingerprint density at radius 2 is 2.22 bits per heavy atom. The lowest BCUT2D eigenvalue weighted by molar-refractivity contribution is -0.128. The SMILES string of the molecule is O=C1CCCN1Cc1nnc(SCc2cc3ccccc3s2)o1. The number of likely N-dealkylation sites (tertiary alicyclic amines) is 1. The number of thiophene rings is 1. The number of rotatable bonds is 5. The van der Waals surface area contributed by atoms with Crippen molar-refractivity contribution in [2.75, 3.05) is 6.54 Å². The van der Waals surface area contributed by atoms with Gasteiger partial charge in [-0.25, -0.2) is 0 Å². The van der Waals surface area contributed by atoms with E-state index in [0.717, 1.165) is 18.7 Å². The van der Waals surface area contributed by atoms with Crippen LogP contribution in [0.1, 0.15) is 23.6 Å². The lowest BCUT2D eigenvalue weighted by Crippen LogP contribution is -2.23. The van der Waals surface area contributed by atoms with Crippen LogP contribution in [0.3, 0.4) is 0 Å². The van der Waals surface area contributed by atoms with Crippen LogP contribution in [-0.4, -0.2) is 27.5 Å². The van der Waals surface area contributed by atoms with E-state index in [1.807, 2.05) is 0 Å². The molecule has 4 rings (SSSR count). The number of thioether (sulfide) groups is 1. The van der Waals surface area contributed by atoms with Crippen molar-refractivity contribution < 1.29 is 9.21 Å². The summed E-state index contributed by atoms with van der Waals surface area (Å²) in [5.74, 6) is 1.49. The number of benzene rings is 1. The van der Waals surface area contributed by atoms with E-state index in [2.05, 4.69) is 40.5 Å². The molecule has 1 aliphatic heterocycles. The Bertz CT molecular complexity index is 810. The van der Waals surface area contributed by atoms with E-state index in [1.54, 1.807) is 16.2 Å². The molecule has 5 nitrogen and oxygen atoms in total. The number of aromatic nitrogens is 2. The van der Waals surface area contributed by atoms with Crippen LogP contribution in [0.15, 0.2) is 40.0 Å². The molecule has 0 unspecified atom stereocenters. The second kappa shape index (κ2) is 6.33. The molecule has 1 aliphatic rings. The highest BCUT2D eigenvalue weighted by molar-refractivity contribution is 7.98. The van der Waals surface area contributed by atoms with Crippen LogP contribution in [0.5, 0.6) is 0 Å². The van der Waals surface area contributed by atoms with Gasteiger partial charge in [-0.15, -0.1) is 21.5 Å². The molecule has 1 aromatic carbocycles. The number of hydrogen-bond donors (Lipinski definition) is 0. The van der Waals surface area contributed by atoms with Crippen LogP contribution in [0.4, 0.5) is 0 Å². The minimum Gasteiger partial charge on any atom is -0.414 e. The van der Waals surface area contributed by atoms with Gasteiger partial charge in [-0.05, 0) is 23.9 Å². The highest BCUT2D eigenvalue weighted by Gasteiger charge is 2.22. The Hall–Kier alpha value is -1.86. The fraction of sp³-hybridized carbons (Fsp3) is 0.312. The molecule has 0 saturated carbocycles. The van der Waals surface area contributed by atoms with E-state index in [4.69, 9.17) is 4.42 Å². The van der Waals surface area contributed by atoms with Crippen molar-refractivity contribution in [2.45, 2.75) is 30.4 Å². The number of hydrogen-bond acceptors (Lipinski definition) is 6. The molecule has 0 radical (unpaired) electrons. The summed E-state index contributed by atoms with van der Waals surface area (Å²) in [6.45, 7) is 1.21. The maximum Gasteiger partial charge on any atom is 0.277 e. The Balaban J connectivity index is 1.38. The molecule has 0 bridgehead atoms. The van der Waals surface area contributed by atoms with Gasteiger partial charge in [0.2, 0.25) is 11.8 Å². The summed E-state index contributed by atoms with van der Waals surface area (Å²) in [5, 5.41) is 9.94. The summed E-state index contributed by atoms with van der Waals surface area (Å²) in [6, 6.07) is 10.6. The first kappa shape index (κ1) is 14.7. The summed E-state index contributed by atoms with van der Waals surface area (Å²) in [5.41, 5.74) is 0. The highest BCUT2D eigenvalue weighted by atomic mass is 32.2. The van der Waals surface area contributed by atoms with E-state index in [-0.39, 0.29) is 5.91 Å². The predicted octanol–water partition coefficient (Wildman–Crippen LogP) is 3.70. The molecular weight excluding hydrogens is 330 g/mol. The van der Waals surface area contributed by atoms with Gasteiger partial charge in [-0.2, -0.15) is 0 Å². The molecule has 1 amide bonds. The fourth-order valence-corrected chi connectivity index (χ4v) is 4.51. The van der Waals surface area contributed by atoms with Crippen molar-refractivity contribution in [2.24, 2.45) is 0 Å². The smallest absolute Gasteiger partial charge is 0.277 e. The van der Waals surface area contributed by atoms with Gasteiger partial charge in [0.25, 0.3) is 5.22 Å². The maximum atomic E-state index is 11.6. The molecule has 0 N–H and O–H groups in total. The molecule has 2 aromatic heterocycles. The quantitative estimate of drug-likeness (QED) is 0.660. The zero-order valence-corrected chi connectivity index (χ0v) is 14.0. The minimum atomic E-state index is 0.169. The van der Waals surface area contributed by atoms with Gasteiger partial charge in [0.15, 0.2) is 0 Å². The van der Waals surface area contributed by atoms with E-state index >= 15 is 0 Å². The van der Waals surface area contributed by atoms with Gasteiger partial charge < -0.3 is 9.32 Å². The maximum absolute atomic E-state index is 11.6. The summed E-state index contributed by atoms with van der Waals surface area (Å²) >= 11 is 3.32. The monoisotopic (exact) mass is 345 g/mol. The Morgan fingerprint density at radius 3 is 3.04 bits per heavy atom. The normalized spacial score (nSPS) is 15.0. The van der Waals surface area contributed by atoms with Crippen LogP contribution in [0.2, 0.25) is 0 Å². The van der Waals surface area contributed by atoms with Crippen LogP contribution in [0.25, 0.3) is 10.1 Å². The molecule has 1 fully saturated rings. The lowest BCUT2D eigenvalue weighted by Gasteiger charge is -2.11. The molecule has 0 aliphatic carbocycles. The number of amides is 1. The average molecular weight is 345 g/mol. The first-order valence-electron chi connectivity index (χ1n) is 7.48. The van der Waals surface area contributed by atoms with Crippen molar-refractivity contribution in [1.29, 1.82) is 0 Å². The Morgan fingerprint density at radius 1 is 1.30 bits per heavy atom. The first-order valence-corrected chi connectivity index (χ1v) is 9.28. The molecular formula is C16H15N3O2S2. The van der Waals surface area contributed by atoms with E-state index in [0.29, 0.717) is 24.1 Å². The number of fused-ring (bicyclic) bond motifs is 1. The second-order valence-electron chi connectivity index (χ2n) is 5.42. The van der Waals surface area contributed by atoms with Crippen LogP contribution < -0.4 is 0 Å². The molecule has 23 heavy (non-hydrogen) atoms. The topological polar surface area (TPSA) is 59.2 Å². The number of carbonyl (C=O) groups is 1. The zero-order valence-electron chi connectivity index (χ0n) is 12.4. The molecule has 0 spiro atoms. The van der Waals surface area contributed by atoms with Crippen molar-refractivity contribution >= 4 is 39.1 Å². The number of carbonyl (C=O) groups excluding carboxylic acids is 1. The minimum absolute atomic E-state index is 0.169. The van der Waals surface area contributed by atoms with Gasteiger partial charge in [0, 0.05) is 28.3 Å². The highest BCUT2D eigenvalue weighted by Crippen LogP contribution is 2.30. The second-order valence-corrected chi connectivity index (χ2v) is 7.51. The van der Waals surface area contributed by atoms with Gasteiger partial charge in [0.1, 0.15) is 0 Å². The molecule has 118 valence electrons. The van der Waals surface area contributed by atoms with Crippen LogP contribution in [0, 0.1) is 0 Å². The molecule has 7 heteroatoms. The van der Waals surface area contributed by atoms with Crippen molar-refractivity contribution in [3.05, 3.63) is 41.1 Å². The van der Waals surface area contributed by atoms with Crippen molar-refractivity contribution in [3.63, 3.8) is 0 Å². The molecule has 0 atom stereocenters. The number of nitrogens with zero attached hydrogens (tertiary/aromatic N) is 3. The molecule has 3 heterocycles. The van der Waals surface area contributed by atoms with Crippen molar-refractivity contribution in [3.8, 4) is 0 Å². The fourth-order valence-electron chi connectivity index (χ4n) is 2.64. The van der Waals surface area contributed by atoms with E-state index in [1.165, 1.54) is 26.7 Å². The van der Waals surface area contributed by atoms with E-state index in [9.17, 15) is 4.79 Å². The standard InChI is InChI=1S/C16H15N3O2S2/c20-15-6-3-7-19(15)9-14-17-18-16(21-14)22-10-12-8-11-4-1-2-5-13(11)23-12/h1-2,4-5,8H,3,6-7,9-10H2. The lowest BCUT2D eigenvalue weighted by atomic mass is 10.2. The van der Waals surface area contributed by atoms with Gasteiger partial charge >= 0.3 is 0 Å². The Labute approximate surface area is 141 Å². The van der Waals surface area contributed by atoms with E-state index < -0.39 is 0 Å². The molecule has 1 saturated heterocycles.